The van der Waals surface area contributed by atoms with Crippen molar-refractivity contribution in [3.05, 3.63) is 35.9 Å². The second kappa shape index (κ2) is 7.75. The molecule has 7 nitrogen and oxygen atoms in total. The van der Waals surface area contributed by atoms with Crippen molar-refractivity contribution in [2.45, 2.75) is 24.7 Å². The number of benzene rings is 1. The number of amides is 1. The molecule has 0 saturated heterocycles. The molecule has 21 heavy (non-hydrogen) atoms. The Morgan fingerprint density at radius 3 is 2.90 bits per heavy atom. The van der Waals surface area contributed by atoms with Gasteiger partial charge >= 0.3 is 0 Å². The van der Waals surface area contributed by atoms with Gasteiger partial charge in [0.2, 0.25) is 11.1 Å². The lowest BCUT2D eigenvalue weighted by Gasteiger charge is -2.13. The second-order valence-corrected chi connectivity index (χ2v) is 5.40. The Hall–Kier alpha value is -1.93. The van der Waals surface area contributed by atoms with Crippen molar-refractivity contribution in [3.63, 3.8) is 0 Å². The first-order chi connectivity index (χ1) is 10.2. The molecule has 1 aromatic carbocycles. The van der Waals surface area contributed by atoms with Crippen LogP contribution in [0.4, 0.5) is 0 Å². The Bertz CT molecular complexity index is 573. The number of rotatable bonds is 7. The number of carbonyl (C=O) groups is 1. The highest BCUT2D eigenvalue weighted by Crippen LogP contribution is 2.15. The third-order valence-corrected chi connectivity index (χ3v) is 3.81. The van der Waals surface area contributed by atoms with E-state index in [1.165, 1.54) is 11.8 Å². The van der Waals surface area contributed by atoms with Crippen LogP contribution in [0.25, 0.3) is 0 Å². The van der Waals surface area contributed by atoms with Gasteiger partial charge in [-0.2, -0.15) is 0 Å². The number of nitrogens with one attached hydrogen (secondary N) is 1. The standard InChI is InChI=1S/C13H18N6OS/c1-10(11-5-3-2-4-6-11)15-12(20)9-21-13-16-17-18-19(13)8-7-14/h2-6,10H,7-9,14H2,1H3,(H,15,20). The van der Waals surface area contributed by atoms with Gasteiger partial charge in [0, 0.05) is 6.54 Å². The van der Waals surface area contributed by atoms with Crippen molar-refractivity contribution in [2.75, 3.05) is 12.3 Å². The minimum atomic E-state index is -0.0568. The Morgan fingerprint density at radius 1 is 1.43 bits per heavy atom. The average Bonchev–Trinajstić information content (AvgIpc) is 2.94. The van der Waals surface area contributed by atoms with Crippen LogP contribution in [0.5, 0.6) is 0 Å². The minimum Gasteiger partial charge on any atom is -0.349 e. The lowest BCUT2D eigenvalue weighted by molar-refractivity contribution is -0.119. The highest BCUT2D eigenvalue weighted by Gasteiger charge is 2.12. The Balaban J connectivity index is 1.83. The van der Waals surface area contributed by atoms with Crippen molar-refractivity contribution in [1.29, 1.82) is 0 Å². The molecule has 1 aromatic heterocycles. The van der Waals surface area contributed by atoms with Crippen LogP contribution >= 0.6 is 11.8 Å². The van der Waals surface area contributed by atoms with E-state index < -0.39 is 0 Å². The summed E-state index contributed by atoms with van der Waals surface area (Å²) in [6.45, 7) is 2.95. The normalized spacial score (nSPS) is 12.1. The summed E-state index contributed by atoms with van der Waals surface area (Å²) in [6.07, 6.45) is 0. The molecule has 0 saturated carbocycles. The number of aromatic nitrogens is 4. The first kappa shape index (κ1) is 15.5. The van der Waals surface area contributed by atoms with Crippen LogP contribution in [0, 0.1) is 0 Å². The third kappa shape index (κ3) is 4.54. The zero-order chi connectivity index (χ0) is 15.1. The number of tetrazole rings is 1. The maximum atomic E-state index is 12.0. The number of nitrogens with two attached hydrogens (primary N) is 1. The highest BCUT2D eigenvalue weighted by molar-refractivity contribution is 7.99. The SMILES string of the molecule is CC(NC(=O)CSc1nnnn1CCN)c1ccccc1. The van der Waals surface area contributed by atoms with Gasteiger partial charge in [-0.1, -0.05) is 42.1 Å². The number of hydrogen-bond donors (Lipinski definition) is 2. The fourth-order valence-corrected chi connectivity index (χ4v) is 2.52. The molecule has 8 heteroatoms. The summed E-state index contributed by atoms with van der Waals surface area (Å²) >= 11 is 1.30. The zero-order valence-electron chi connectivity index (χ0n) is 11.8. The lowest BCUT2D eigenvalue weighted by Crippen LogP contribution is -2.28. The van der Waals surface area contributed by atoms with Crippen LogP contribution in [0.1, 0.15) is 18.5 Å². The van der Waals surface area contributed by atoms with Gasteiger partial charge in [0.15, 0.2) is 0 Å². The van der Waals surface area contributed by atoms with Crippen molar-refractivity contribution < 1.29 is 4.79 Å². The van der Waals surface area contributed by atoms with Crippen LogP contribution in [-0.4, -0.2) is 38.4 Å². The van der Waals surface area contributed by atoms with E-state index in [9.17, 15) is 4.79 Å². The fraction of sp³-hybridized carbons (Fsp3) is 0.385. The maximum Gasteiger partial charge on any atom is 0.230 e. The molecule has 0 fully saturated rings. The van der Waals surface area contributed by atoms with E-state index in [0.717, 1.165) is 5.56 Å². The zero-order valence-corrected chi connectivity index (χ0v) is 12.6. The summed E-state index contributed by atoms with van der Waals surface area (Å²) in [7, 11) is 0. The molecule has 0 bridgehead atoms. The lowest BCUT2D eigenvalue weighted by atomic mass is 10.1. The summed E-state index contributed by atoms with van der Waals surface area (Å²) in [6, 6.07) is 9.80. The van der Waals surface area contributed by atoms with E-state index in [0.29, 0.717) is 18.2 Å². The Kier molecular flexibility index (Phi) is 5.70. The summed E-state index contributed by atoms with van der Waals surface area (Å²) in [5, 5.41) is 14.8. The second-order valence-electron chi connectivity index (χ2n) is 4.46. The quantitative estimate of drug-likeness (QED) is 0.727. The molecule has 2 aromatic rings. The van der Waals surface area contributed by atoms with Crippen molar-refractivity contribution in [3.8, 4) is 0 Å². The van der Waals surface area contributed by atoms with Crippen LogP contribution in [-0.2, 0) is 11.3 Å². The number of carbonyl (C=O) groups excluding carboxylic acids is 1. The van der Waals surface area contributed by atoms with E-state index in [2.05, 4.69) is 20.8 Å². The molecule has 0 aliphatic carbocycles. The number of thioether (sulfide) groups is 1. The predicted molar refractivity (Wildman–Crippen MR) is 80.6 cm³/mol. The molecular formula is C13H18N6OS. The van der Waals surface area contributed by atoms with Crippen LogP contribution in [0.3, 0.4) is 0 Å². The van der Waals surface area contributed by atoms with Gasteiger partial charge in [-0.25, -0.2) is 4.68 Å². The molecule has 112 valence electrons. The topological polar surface area (TPSA) is 98.7 Å². The van der Waals surface area contributed by atoms with Gasteiger partial charge < -0.3 is 11.1 Å². The molecule has 1 unspecified atom stereocenters. The number of nitrogens with zero attached hydrogens (tertiary/aromatic N) is 4. The predicted octanol–water partition coefficient (Wildman–Crippen LogP) is 0.601. The van der Waals surface area contributed by atoms with Gasteiger partial charge in [-0.15, -0.1) is 5.10 Å². The molecule has 0 spiro atoms. The van der Waals surface area contributed by atoms with Crippen molar-refractivity contribution >= 4 is 17.7 Å². The molecule has 1 heterocycles. The first-order valence-corrected chi connectivity index (χ1v) is 7.62. The van der Waals surface area contributed by atoms with E-state index in [1.54, 1.807) is 4.68 Å². The molecule has 0 aliphatic heterocycles. The third-order valence-electron chi connectivity index (χ3n) is 2.85. The summed E-state index contributed by atoms with van der Waals surface area (Å²) in [4.78, 5) is 12.0. The van der Waals surface area contributed by atoms with Gasteiger partial charge in [-0.05, 0) is 22.9 Å². The van der Waals surface area contributed by atoms with Gasteiger partial charge in [0.1, 0.15) is 0 Å². The molecule has 0 aliphatic rings. The molecule has 1 amide bonds. The summed E-state index contributed by atoms with van der Waals surface area (Å²) in [5.41, 5.74) is 6.54. The fourth-order valence-electron chi connectivity index (χ4n) is 1.80. The molecule has 1 atom stereocenters. The smallest absolute Gasteiger partial charge is 0.230 e. The van der Waals surface area contributed by atoms with E-state index in [-0.39, 0.29) is 17.7 Å². The van der Waals surface area contributed by atoms with Gasteiger partial charge in [-0.3, -0.25) is 4.79 Å². The largest absolute Gasteiger partial charge is 0.349 e. The monoisotopic (exact) mass is 306 g/mol. The molecular weight excluding hydrogens is 288 g/mol. The first-order valence-electron chi connectivity index (χ1n) is 6.64. The van der Waals surface area contributed by atoms with Crippen molar-refractivity contribution in [1.82, 2.24) is 25.5 Å². The molecule has 0 radical (unpaired) electrons. The van der Waals surface area contributed by atoms with Crippen molar-refractivity contribution in [2.24, 2.45) is 5.73 Å². The Labute approximate surface area is 127 Å². The molecule has 3 N–H and O–H groups in total. The maximum absolute atomic E-state index is 12.0. The van der Waals surface area contributed by atoms with E-state index in [4.69, 9.17) is 5.73 Å². The van der Waals surface area contributed by atoms with E-state index >= 15 is 0 Å². The highest BCUT2D eigenvalue weighted by atomic mass is 32.2. The number of hydrogen-bond acceptors (Lipinski definition) is 6. The van der Waals surface area contributed by atoms with Crippen LogP contribution in [0.2, 0.25) is 0 Å². The van der Waals surface area contributed by atoms with Crippen LogP contribution < -0.4 is 11.1 Å². The summed E-state index contributed by atoms with van der Waals surface area (Å²) in [5.74, 6) is 0.209. The van der Waals surface area contributed by atoms with Gasteiger partial charge in [0.25, 0.3) is 0 Å². The molecule has 2 rings (SSSR count). The van der Waals surface area contributed by atoms with E-state index in [1.807, 2.05) is 37.3 Å². The Morgan fingerprint density at radius 2 is 2.19 bits per heavy atom. The van der Waals surface area contributed by atoms with Gasteiger partial charge in [0.05, 0.1) is 18.3 Å². The van der Waals surface area contributed by atoms with Crippen LogP contribution in [0.15, 0.2) is 35.5 Å². The average molecular weight is 306 g/mol. The summed E-state index contributed by atoms with van der Waals surface area (Å²) < 4.78 is 1.60. The minimum absolute atomic E-state index is 0.0284.